The summed E-state index contributed by atoms with van der Waals surface area (Å²) in [5, 5.41) is 11.0. The first-order valence-corrected chi connectivity index (χ1v) is 7.54. The van der Waals surface area contributed by atoms with E-state index in [1.807, 2.05) is 13.1 Å². The standard InChI is InChI=1S/C15H24N4O2/c1-3-11-4-6-13(7-5-11)18(2)14-8-12(17-16)9-15(10-14)19(20)21/h8-11,13,17H,3-7,16H2,1-2H3. The SMILES string of the molecule is CCC1CCC(N(C)c2cc(NN)cc([N+](=O)[O-])c2)CC1. The Morgan fingerprint density at radius 3 is 2.52 bits per heavy atom. The highest BCUT2D eigenvalue weighted by atomic mass is 16.6. The smallest absolute Gasteiger partial charge is 0.273 e. The summed E-state index contributed by atoms with van der Waals surface area (Å²) in [6.45, 7) is 2.24. The van der Waals surface area contributed by atoms with E-state index in [1.165, 1.54) is 25.3 Å². The van der Waals surface area contributed by atoms with Gasteiger partial charge in [0.1, 0.15) is 0 Å². The number of nitrogens with zero attached hydrogens (tertiary/aromatic N) is 2. The highest BCUT2D eigenvalue weighted by Gasteiger charge is 2.24. The van der Waals surface area contributed by atoms with Crippen LogP contribution in [0.1, 0.15) is 39.0 Å². The number of anilines is 2. The van der Waals surface area contributed by atoms with E-state index in [1.54, 1.807) is 6.07 Å². The first kappa shape index (κ1) is 15.6. The van der Waals surface area contributed by atoms with Gasteiger partial charge in [0.25, 0.3) is 5.69 Å². The number of nitrogens with two attached hydrogens (primary N) is 1. The molecule has 0 unspecified atom stereocenters. The molecule has 0 radical (unpaired) electrons. The van der Waals surface area contributed by atoms with Crippen LogP contribution in [-0.4, -0.2) is 18.0 Å². The molecule has 0 atom stereocenters. The van der Waals surface area contributed by atoms with Gasteiger partial charge < -0.3 is 10.3 Å². The number of rotatable bonds is 5. The lowest BCUT2D eigenvalue weighted by Crippen LogP contribution is -2.35. The molecular weight excluding hydrogens is 268 g/mol. The third-order valence-corrected chi connectivity index (χ3v) is 4.63. The van der Waals surface area contributed by atoms with Gasteiger partial charge in [-0.05, 0) is 37.7 Å². The van der Waals surface area contributed by atoms with Crippen molar-refractivity contribution >= 4 is 17.1 Å². The molecule has 2 rings (SSSR count). The van der Waals surface area contributed by atoms with Crippen LogP contribution in [-0.2, 0) is 0 Å². The summed E-state index contributed by atoms with van der Waals surface area (Å²) < 4.78 is 0. The zero-order chi connectivity index (χ0) is 15.4. The Kier molecular flexibility index (Phi) is 5.01. The second kappa shape index (κ2) is 6.76. The predicted molar refractivity (Wildman–Crippen MR) is 85.3 cm³/mol. The molecular formula is C15H24N4O2. The lowest BCUT2D eigenvalue weighted by atomic mass is 9.84. The van der Waals surface area contributed by atoms with E-state index in [4.69, 9.17) is 5.84 Å². The van der Waals surface area contributed by atoms with Gasteiger partial charge in [0, 0.05) is 30.9 Å². The number of hydrogen-bond acceptors (Lipinski definition) is 5. The molecule has 1 aliphatic carbocycles. The van der Waals surface area contributed by atoms with E-state index in [-0.39, 0.29) is 10.6 Å². The number of nitrogens with one attached hydrogen (secondary N) is 1. The molecule has 1 saturated carbocycles. The van der Waals surface area contributed by atoms with Crippen LogP contribution in [0, 0.1) is 16.0 Å². The van der Waals surface area contributed by atoms with E-state index < -0.39 is 0 Å². The van der Waals surface area contributed by atoms with Crippen molar-refractivity contribution in [3.05, 3.63) is 28.3 Å². The summed E-state index contributed by atoms with van der Waals surface area (Å²) in [5.74, 6) is 6.25. The number of nitro benzene ring substituents is 1. The molecule has 1 aliphatic rings. The number of benzene rings is 1. The Balaban J connectivity index is 2.16. The van der Waals surface area contributed by atoms with Crippen molar-refractivity contribution in [2.24, 2.45) is 11.8 Å². The van der Waals surface area contributed by atoms with Crippen molar-refractivity contribution in [2.75, 3.05) is 17.4 Å². The van der Waals surface area contributed by atoms with Gasteiger partial charge in [0.2, 0.25) is 0 Å². The summed E-state index contributed by atoms with van der Waals surface area (Å²) in [6.07, 6.45) is 6.01. The van der Waals surface area contributed by atoms with Crippen molar-refractivity contribution in [1.82, 2.24) is 0 Å². The largest absolute Gasteiger partial charge is 0.371 e. The monoisotopic (exact) mass is 292 g/mol. The van der Waals surface area contributed by atoms with Gasteiger partial charge in [-0.1, -0.05) is 13.3 Å². The van der Waals surface area contributed by atoms with Crippen LogP contribution >= 0.6 is 0 Å². The van der Waals surface area contributed by atoms with Crippen LogP contribution in [0.3, 0.4) is 0 Å². The van der Waals surface area contributed by atoms with E-state index in [2.05, 4.69) is 17.2 Å². The average Bonchev–Trinajstić information content (AvgIpc) is 2.53. The van der Waals surface area contributed by atoms with Gasteiger partial charge in [0.15, 0.2) is 0 Å². The maximum atomic E-state index is 11.0. The molecule has 1 aromatic rings. The first-order valence-electron chi connectivity index (χ1n) is 7.54. The minimum absolute atomic E-state index is 0.0644. The molecule has 1 fully saturated rings. The van der Waals surface area contributed by atoms with Crippen LogP contribution in [0.5, 0.6) is 0 Å². The van der Waals surface area contributed by atoms with Gasteiger partial charge in [-0.15, -0.1) is 0 Å². The Morgan fingerprint density at radius 1 is 1.33 bits per heavy atom. The van der Waals surface area contributed by atoms with Crippen LogP contribution in [0.2, 0.25) is 0 Å². The highest BCUT2D eigenvalue weighted by molar-refractivity contribution is 5.64. The highest BCUT2D eigenvalue weighted by Crippen LogP contribution is 2.33. The molecule has 6 nitrogen and oxygen atoms in total. The molecule has 0 spiro atoms. The van der Waals surface area contributed by atoms with Crippen molar-refractivity contribution in [1.29, 1.82) is 0 Å². The topological polar surface area (TPSA) is 84.4 Å². The summed E-state index contributed by atoms with van der Waals surface area (Å²) >= 11 is 0. The minimum atomic E-state index is -0.383. The quantitative estimate of drug-likeness (QED) is 0.494. The molecule has 0 saturated heterocycles. The lowest BCUT2D eigenvalue weighted by molar-refractivity contribution is -0.384. The summed E-state index contributed by atoms with van der Waals surface area (Å²) in [4.78, 5) is 12.8. The Morgan fingerprint density at radius 2 is 2.00 bits per heavy atom. The number of nitro groups is 1. The maximum absolute atomic E-state index is 11.0. The fourth-order valence-electron chi connectivity index (χ4n) is 3.14. The molecule has 21 heavy (non-hydrogen) atoms. The number of hydrazine groups is 1. The lowest BCUT2D eigenvalue weighted by Gasteiger charge is -2.35. The molecule has 0 bridgehead atoms. The van der Waals surface area contributed by atoms with Gasteiger partial charge in [0.05, 0.1) is 10.6 Å². The van der Waals surface area contributed by atoms with E-state index in [0.717, 1.165) is 24.4 Å². The maximum Gasteiger partial charge on any atom is 0.273 e. The van der Waals surface area contributed by atoms with E-state index in [9.17, 15) is 10.1 Å². The van der Waals surface area contributed by atoms with Gasteiger partial charge in [-0.3, -0.25) is 16.0 Å². The van der Waals surface area contributed by atoms with E-state index >= 15 is 0 Å². The van der Waals surface area contributed by atoms with E-state index in [0.29, 0.717) is 11.7 Å². The fourth-order valence-corrected chi connectivity index (χ4v) is 3.14. The van der Waals surface area contributed by atoms with Gasteiger partial charge in [-0.2, -0.15) is 0 Å². The molecule has 0 heterocycles. The summed E-state index contributed by atoms with van der Waals surface area (Å²) in [5.41, 5.74) is 3.98. The predicted octanol–water partition coefficient (Wildman–Crippen LogP) is 3.29. The molecule has 116 valence electrons. The van der Waals surface area contributed by atoms with Crippen molar-refractivity contribution < 1.29 is 4.92 Å². The summed E-state index contributed by atoms with van der Waals surface area (Å²) in [7, 11) is 2.01. The van der Waals surface area contributed by atoms with Crippen LogP contribution < -0.4 is 16.2 Å². The second-order valence-electron chi connectivity index (χ2n) is 5.83. The number of hydrogen-bond donors (Lipinski definition) is 2. The van der Waals surface area contributed by atoms with Crippen molar-refractivity contribution in [2.45, 2.75) is 45.1 Å². The fraction of sp³-hybridized carbons (Fsp3) is 0.600. The minimum Gasteiger partial charge on any atom is -0.371 e. The molecule has 1 aromatic carbocycles. The van der Waals surface area contributed by atoms with Crippen LogP contribution in [0.25, 0.3) is 0 Å². The van der Waals surface area contributed by atoms with Crippen LogP contribution in [0.15, 0.2) is 18.2 Å². The van der Waals surface area contributed by atoms with Crippen LogP contribution in [0.4, 0.5) is 17.1 Å². The average molecular weight is 292 g/mol. The molecule has 0 aliphatic heterocycles. The third-order valence-electron chi connectivity index (χ3n) is 4.63. The summed E-state index contributed by atoms with van der Waals surface area (Å²) in [6, 6.07) is 5.37. The van der Waals surface area contributed by atoms with Gasteiger partial charge >= 0.3 is 0 Å². The number of nitrogen functional groups attached to an aromatic ring is 1. The molecule has 0 aromatic heterocycles. The third kappa shape index (κ3) is 3.64. The van der Waals surface area contributed by atoms with Crippen molar-refractivity contribution in [3.63, 3.8) is 0 Å². The first-order chi connectivity index (χ1) is 10.0. The Hall–Kier alpha value is -1.82. The Bertz CT molecular complexity index is 498. The molecule has 3 N–H and O–H groups in total. The Labute approximate surface area is 125 Å². The second-order valence-corrected chi connectivity index (χ2v) is 5.83. The van der Waals surface area contributed by atoms with Crippen molar-refractivity contribution in [3.8, 4) is 0 Å². The number of non-ortho nitro benzene ring substituents is 1. The zero-order valence-corrected chi connectivity index (χ0v) is 12.7. The molecule has 6 heteroatoms. The van der Waals surface area contributed by atoms with Gasteiger partial charge in [-0.25, -0.2) is 0 Å². The normalized spacial score (nSPS) is 21.9. The zero-order valence-electron chi connectivity index (χ0n) is 12.7. The molecule has 0 amide bonds.